The van der Waals surface area contributed by atoms with Gasteiger partial charge in [-0.15, -0.1) is 0 Å². The van der Waals surface area contributed by atoms with E-state index < -0.39 is 5.97 Å². The van der Waals surface area contributed by atoms with Gasteiger partial charge in [0.15, 0.2) is 0 Å². The van der Waals surface area contributed by atoms with Gasteiger partial charge in [-0.25, -0.2) is 9.59 Å². The van der Waals surface area contributed by atoms with Crippen molar-refractivity contribution in [2.75, 3.05) is 13.1 Å². The maximum absolute atomic E-state index is 12.1. The monoisotopic (exact) mass is 288 g/mol. The van der Waals surface area contributed by atoms with Gasteiger partial charge in [0.05, 0.1) is 5.56 Å². The average Bonchev–Trinajstić information content (AvgIpc) is 2.50. The van der Waals surface area contributed by atoms with Gasteiger partial charge in [0, 0.05) is 19.6 Å². The molecule has 5 heteroatoms. The molecule has 0 bridgehead atoms. The Bertz CT molecular complexity index is 567. The number of carboxylic acid groups (broad SMARTS) is 1. The Hall–Kier alpha value is -2.30. The van der Waals surface area contributed by atoms with Gasteiger partial charge in [-0.05, 0) is 37.0 Å². The molecule has 0 unspecified atom stereocenters. The van der Waals surface area contributed by atoms with Gasteiger partial charge in [-0.1, -0.05) is 24.3 Å². The quantitative estimate of drug-likeness (QED) is 0.660. The van der Waals surface area contributed by atoms with E-state index in [0.717, 1.165) is 17.5 Å². The topological polar surface area (TPSA) is 69.6 Å². The minimum absolute atomic E-state index is 0.0918. The lowest BCUT2D eigenvalue weighted by Crippen LogP contribution is -2.43. The first-order valence-corrected chi connectivity index (χ1v) is 7.11. The number of carbonyl (C=O) groups is 2. The van der Waals surface area contributed by atoms with E-state index in [0.29, 0.717) is 31.6 Å². The van der Waals surface area contributed by atoms with Crippen LogP contribution in [0, 0.1) is 0 Å². The molecule has 0 spiro atoms. The van der Waals surface area contributed by atoms with E-state index in [9.17, 15) is 14.7 Å². The Kier molecular flexibility index (Phi) is 4.98. The predicted octanol–water partition coefficient (Wildman–Crippen LogP) is 2.42. The first-order chi connectivity index (χ1) is 10.1. The Labute approximate surface area is 124 Å². The second-order valence-corrected chi connectivity index (χ2v) is 5.01. The first-order valence-electron chi connectivity index (χ1n) is 7.11. The molecule has 1 aromatic rings. The SMILES string of the molecule is C/C=C/CCNC(=O)N1CCc2c(cccc2C(=O)O)C1. The number of aromatic carboxylic acids is 1. The maximum Gasteiger partial charge on any atom is 0.335 e. The van der Waals surface area contributed by atoms with Crippen LogP contribution in [0.3, 0.4) is 0 Å². The number of allylic oxidation sites excluding steroid dienone is 1. The third-order valence-electron chi connectivity index (χ3n) is 3.61. The van der Waals surface area contributed by atoms with Gasteiger partial charge >= 0.3 is 12.0 Å². The van der Waals surface area contributed by atoms with Gasteiger partial charge in [0.2, 0.25) is 0 Å². The lowest BCUT2D eigenvalue weighted by atomic mass is 9.95. The molecule has 0 atom stereocenters. The molecule has 0 aromatic heterocycles. The molecule has 1 aliphatic heterocycles. The van der Waals surface area contributed by atoms with Crippen molar-refractivity contribution in [3.8, 4) is 0 Å². The van der Waals surface area contributed by atoms with Crippen LogP contribution in [0.4, 0.5) is 4.79 Å². The second kappa shape index (κ2) is 6.92. The number of carboxylic acids is 1. The molecule has 0 aliphatic carbocycles. The van der Waals surface area contributed by atoms with E-state index in [1.807, 2.05) is 25.1 Å². The highest BCUT2D eigenvalue weighted by Crippen LogP contribution is 2.22. The van der Waals surface area contributed by atoms with Crippen molar-refractivity contribution >= 4 is 12.0 Å². The van der Waals surface area contributed by atoms with Crippen molar-refractivity contribution in [2.45, 2.75) is 26.3 Å². The molecule has 1 aliphatic rings. The van der Waals surface area contributed by atoms with E-state index in [1.54, 1.807) is 17.0 Å². The lowest BCUT2D eigenvalue weighted by Gasteiger charge is -2.29. The molecule has 5 nitrogen and oxygen atoms in total. The molecule has 2 rings (SSSR count). The van der Waals surface area contributed by atoms with Crippen molar-refractivity contribution in [1.29, 1.82) is 0 Å². The number of carbonyl (C=O) groups excluding carboxylic acids is 1. The summed E-state index contributed by atoms with van der Waals surface area (Å²) >= 11 is 0. The molecule has 112 valence electrons. The smallest absolute Gasteiger partial charge is 0.335 e. The molecular formula is C16H20N2O3. The fourth-order valence-electron chi connectivity index (χ4n) is 2.52. The molecular weight excluding hydrogens is 268 g/mol. The molecule has 0 fully saturated rings. The van der Waals surface area contributed by atoms with Crippen LogP contribution < -0.4 is 5.32 Å². The van der Waals surface area contributed by atoms with Crippen LogP contribution >= 0.6 is 0 Å². The Balaban J connectivity index is 2.01. The molecule has 0 saturated carbocycles. The fraction of sp³-hybridized carbons (Fsp3) is 0.375. The molecule has 2 N–H and O–H groups in total. The van der Waals surface area contributed by atoms with E-state index in [-0.39, 0.29) is 6.03 Å². The zero-order valence-electron chi connectivity index (χ0n) is 12.1. The number of amides is 2. The molecule has 21 heavy (non-hydrogen) atoms. The minimum Gasteiger partial charge on any atom is -0.478 e. The molecule has 2 amide bonds. The Morgan fingerprint density at radius 2 is 2.24 bits per heavy atom. The summed E-state index contributed by atoms with van der Waals surface area (Å²) in [4.78, 5) is 25.0. The standard InChI is InChI=1S/C16H20N2O3/c1-2-3-4-9-17-16(21)18-10-8-13-12(11-18)6-5-7-14(13)15(19)20/h2-3,5-7H,4,8-11H2,1H3,(H,17,21)(H,19,20)/b3-2+. The molecule has 0 saturated heterocycles. The van der Waals surface area contributed by atoms with Crippen LogP contribution in [0.25, 0.3) is 0 Å². The number of rotatable bonds is 4. The van der Waals surface area contributed by atoms with Crippen molar-refractivity contribution in [3.63, 3.8) is 0 Å². The largest absolute Gasteiger partial charge is 0.478 e. The van der Waals surface area contributed by atoms with Crippen LogP contribution in [-0.2, 0) is 13.0 Å². The van der Waals surface area contributed by atoms with E-state index in [2.05, 4.69) is 5.32 Å². The third-order valence-corrected chi connectivity index (χ3v) is 3.61. The van der Waals surface area contributed by atoms with Crippen molar-refractivity contribution in [2.24, 2.45) is 0 Å². The highest BCUT2D eigenvalue weighted by molar-refractivity contribution is 5.90. The number of nitrogens with one attached hydrogen (secondary N) is 1. The normalized spacial score (nSPS) is 14.0. The number of nitrogens with zero attached hydrogens (tertiary/aromatic N) is 1. The van der Waals surface area contributed by atoms with Gasteiger partial charge in [0.25, 0.3) is 0 Å². The van der Waals surface area contributed by atoms with Crippen LogP contribution in [0.1, 0.15) is 34.8 Å². The van der Waals surface area contributed by atoms with Crippen molar-refractivity contribution in [1.82, 2.24) is 10.2 Å². The van der Waals surface area contributed by atoms with Crippen LogP contribution in [0.5, 0.6) is 0 Å². The number of benzene rings is 1. The summed E-state index contributed by atoms with van der Waals surface area (Å²) in [5.74, 6) is -0.906. The van der Waals surface area contributed by atoms with Crippen LogP contribution in [-0.4, -0.2) is 35.1 Å². The highest BCUT2D eigenvalue weighted by atomic mass is 16.4. The molecule has 0 radical (unpaired) electrons. The Morgan fingerprint density at radius 1 is 1.43 bits per heavy atom. The number of urea groups is 1. The summed E-state index contributed by atoms with van der Waals surface area (Å²) in [6, 6.07) is 5.15. The maximum atomic E-state index is 12.1. The zero-order chi connectivity index (χ0) is 15.2. The molecule has 1 aromatic carbocycles. The fourth-order valence-corrected chi connectivity index (χ4v) is 2.52. The van der Waals surface area contributed by atoms with Crippen molar-refractivity contribution in [3.05, 3.63) is 47.0 Å². The zero-order valence-corrected chi connectivity index (χ0v) is 12.1. The Morgan fingerprint density at radius 3 is 2.95 bits per heavy atom. The second-order valence-electron chi connectivity index (χ2n) is 5.01. The summed E-state index contributed by atoms with van der Waals surface area (Å²) in [6.07, 6.45) is 5.36. The summed E-state index contributed by atoms with van der Waals surface area (Å²) in [6.45, 7) is 3.57. The van der Waals surface area contributed by atoms with Crippen molar-refractivity contribution < 1.29 is 14.7 Å². The van der Waals surface area contributed by atoms with Gasteiger partial charge in [-0.2, -0.15) is 0 Å². The lowest BCUT2D eigenvalue weighted by molar-refractivity contribution is 0.0695. The third kappa shape index (κ3) is 3.62. The van der Waals surface area contributed by atoms with Gasteiger partial charge in [-0.3, -0.25) is 0 Å². The average molecular weight is 288 g/mol. The van der Waals surface area contributed by atoms with Crippen LogP contribution in [0.2, 0.25) is 0 Å². The summed E-state index contributed by atoms with van der Waals surface area (Å²) in [5, 5.41) is 12.1. The first kappa shape index (κ1) is 15.1. The predicted molar refractivity (Wildman–Crippen MR) is 80.3 cm³/mol. The highest BCUT2D eigenvalue weighted by Gasteiger charge is 2.23. The van der Waals surface area contributed by atoms with E-state index >= 15 is 0 Å². The summed E-state index contributed by atoms with van der Waals surface area (Å²) < 4.78 is 0. The summed E-state index contributed by atoms with van der Waals surface area (Å²) in [5.41, 5.74) is 2.12. The van der Waals surface area contributed by atoms with E-state index in [1.165, 1.54) is 0 Å². The molecule has 1 heterocycles. The number of hydrogen-bond donors (Lipinski definition) is 2. The van der Waals surface area contributed by atoms with E-state index in [4.69, 9.17) is 0 Å². The van der Waals surface area contributed by atoms with Crippen LogP contribution in [0.15, 0.2) is 30.4 Å². The number of hydrogen-bond acceptors (Lipinski definition) is 2. The summed E-state index contributed by atoms with van der Waals surface area (Å²) in [7, 11) is 0. The minimum atomic E-state index is -0.906. The van der Waals surface area contributed by atoms with Gasteiger partial charge in [0.1, 0.15) is 0 Å². The van der Waals surface area contributed by atoms with Gasteiger partial charge < -0.3 is 15.3 Å². The number of fused-ring (bicyclic) bond motifs is 1.